The third-order valence-electron chi connectivity index (χ3n) is 4.10. The molecule has 5 heteroatoms. The lowest BCUT2D eigenvalue weighted by atomic mass is 9.84. The highest BCUT2D eigenvalue weighted by Gasteiger charge is 2.24. The SMILES string of the molecule is CCNC(=NCC(C)(C)c1ccccc1F)NCC1CCCO1. The van der Waals surface area contributed by atoms with Crippen LogP contribution in [0.15, 0.2) is 29.3 Å². The van der Waals surface area contributed by atoms with Gasteiger partial charge < -0.3 is 15.4 Å². The number of nitrogens with one attached hydrogen (secondary N) is 2. The van der Waals surface area contributed by atoms with Gasteiger partial charge in [0.15, 0.2) is 5.96 Å². The Hall–Kier alpha value is -1.62. The zero-order valence-electron chi connectivity index (χ0n) is 14.4. The highest BCUT2D eigenvalue weighted by atomic mass is 19.1. The van der Waals surface area contributed by atoms with Gasteiger partial charge in [0.1, 0.15) is 5.82 Å². The average molecular weight is 321 g/mol. The fraction of sp³-hybridized carbons (Fsp3) is 0.611. The van der Waals surface area contributed by atoms with E-state index in [0.29, 0.717) is 12.1 Å². The molecule has 0 aromatic heterocycles. The minimum atomic E-state index is -0.364. The van der Waals surface area contributed by atoms with Crippen molar-refractivity contribution < 1.29 is 9.13 Å². The van der Waals surface area contributed by atoms with Crippen LogP contribution < -0.4 is 10.6 Å². The van der Waals surface area contributed by atoms with Gasteiger partial charge in [-0.2, -0.15) is 0 Å². The van der Waals surface area contributed by atoms with Crippen LogP contribution in [-0.2, 0) is 10.2 Å². The van der Waals surface area contributed by atoms with Gasteiger partial charge in [-0.05, 0) is 31.4 Å². The van der Waals surface area contributed by atoms with E-state index >= 15 is 0 Å². The molecule has 0 saturated carbocycles. The number of rotatable bonds is 6. The van der Waals surface area contributed by atoms with Gasteiger partial charge in [0.2, 0.25) is 0 Å². The Balaban J connectivity index is 1.99. The van der Waals surface area contributed by atoms with Crippen LogP contribution in [0.1, 0.15) is 39.2 Å². The molecule has 1 atom stereocenters. The number of hydrogen-bond donors (Lipinski definition) is 2. The van der Waals surface area contributed by atoms with Crippen molar-refractivity contribution in [2.75, 3.05) is 26.2 Å². The molecular formula is C18H28FN3O. The van der Waals surface area contributed by atoms with Gasteiger partial charge in [-0.15, -0.1) is 0 Å². The molecule has 0 amide bonds. The minimum Gasteiger partial charge on any atom is -0.376 e. The first-order valence-electron chi connectivity index (χ1n) is 8.41. The predicted molar refractivity (Wildman–Crippen MR) is 92.4 cm³/mol. The van der Waals surface area contributed by atoms with Gasteiger partial charge in [-0.1, -0.05) is 32.0 Å². The van der Waals surface area contributed by atoms with Crippen molar-refractivity contribution in [1.82, 2.24) is 10.6 Å². The van der Waals surface area contributed by atoms with Crippen molar-refractivity contribution in [2.24, 2.45) is 4.99 Å². The van der Waals surface area contributed by atoms with E-state index in [1.54, 1.807) is 6.07 Å². The molecule has 2 rings (SSSR count). The van der Waals surface area contributed by atoms with E-state index in [9.17, 15) is 4.39 Å². The number of hydrogen-bond acceptors (Lipinski definition) is 2. The normalized spacial score (nSPS) is 19.0. The largest absolute Gasteiger partial charge is 0.376 e. The highest BCUT2D eigenvalue weighted by molar-refractivity contribution is 5.79. The van der Waals surface area contributed by atoms with E-state index in [-0.39, 0.29) is 17.3 Å². The molecule has 0 bridgehead atoms. The number of halogens is 1. The smallest absolute Gasteiger partial charge is 0.191 e. The van der Waals surface area contributed by atoms with Gasteiger partial charge in [0.05, 0.1) is 12.6 Å². The molecule has 2 N–H and O–H groups in total. The summed E-state index contributed by atoms with van der Waals surface area (Å²) in [5.74, 6) is 0.581. The molecule has 0 spiro atoms. The molecule has 1 aromatic rings. The first kappa shape index (κ1) is 17.7. The van der Waals surface area contributed by atoms with Crippen LogP contribution >= 0.6 is 0 Å². The van der Waals surface area contributed by atoms with Crippen molar-refractivity contribution in [2.45, 2.75) is 45.1 Å². The molecule has 1 aliphatic heterocycles. The molecule has 1 unspecified atom stereocenters. The van der Waals surface area contributed by atoms with Crippen LogP contribution in [0.25, 0.3) is 0 Å². The first-order chi connectivity index (χ1) is 11.0. The summed E-state index contributed by atoms with van der Waals surface area (Å²) in [6, 6.07) is 6.91. The molecule has 4 nitrogen and oxygen atoms in total. The summed E-state index contributed by atoms with van der Waals surface area (Å²) in [5, 5.41) is 6.56. The molecule has 1 aliphatic rings. The van der Waals surface area contributed by atoms with E-state index < -0.39 is 0 Å². The Morgan fingerprint density at radius 3 is 2.78 bits per heavy atom. The van der Waals surface area contributed by atoms with Crippen LogP contribution in [0, 0.1) is 5.82 Å². The number of aliphatic imine (C=N–C) groups is 1. The number of ether oxygens (including phenoxy) is 1. The summed E-state index contributed by atoms with van der Waals surface area (Å²) in [6.45, 7) is 8.96. The van der Waals surface area contributed by atoms with Crippen molar-refractivity contribution in [3.05, 3.63) is 35.6 Å². The maximum Gasteiger partial charge on any atom is 0.191 e. The summed E-state index contributed by atoms with van der Waals surface area (Å²) in [4.78, 5) is 4.64. The van der Waals surface area contributed by atoms with Gasteiger partial charge in [0.25, 0.3) is 0 Å². The maximum atomic E-state index is 14.0. The zero-order valence-corrected chi connectivity index (χ0v) is 14.4. The average Bonchev–Trinajstić information content (AvgIpc) is 3.04. The van der Waals surface area contributed by atoms with Crippen LogP contribution in [0.4, 0.5) is 4.39 Å². The molecule has 23 heavy (non-hydrogen) atoms. The third kappa shape index (κ3) is 5.20. The molecular weight excluding hydrogens is 293 g/mol. The molecule has 1 heterocycles. The van der Waals surface area contributed by atoms with Crippen molar-refractivity contribution in [1.29, 1.82) is 0 Å². The third-order valence-corrected chi connectivity index (χ3v) is 4.10. The monoisotopic (exact) mass is 321 g/mol. The van der Waals surface area contributed by atoms with Crippen LogP contribution in [0.5, 0.6) is 0 Å². The van der Waals surface area contributed by atoms with Crippen LogP contribution in [0.2, 0.25) is 0 Å². The minimum absolute atomic E-state index is 0.176. The molecule has 1 aromatic carbocycles. The standard InChI is InChI=1S/C18H28FN3O/c1-4-20-17(21-12-14-8-7-11-23-14)22-13-18(2,3)15-9-5-6-10-16(15)19/h5-6,9-10,14H,4,7-8,11-13H2,1-3H3,(H2,20,21,22). The second-order valence-corrected chi connectivity index (χ2v) is 6.57. The molecule has 128 valence electrons. The van der Waals surface area contributed by atoms with E-state index in [0.717, 1.165) is 38.5 Å². The Kier molecular flexibility index (Phi) is 6.39. The second kappa shape index (κ2) is 8.29. The predicted octanol–water partition coefficient (Wildman–Crippen LogP) is 2.84. The molecule has 0 aliphatic carbocycles. The van der Waals surface area contributed by atoms with Crippen molar-refractivity contribution >= 4 is 5.96 Å². The lowest BCUT2D eigenvalue weighted by molar-refractivity contribution is 0.114. The Labute approximate surface area is 138 Å². The molecule has 1 fully saturated rings. The van der Waals surface area contributed by atoms with Gasteiger partial charge in [-0.3, -0.25) is 4.99 Å². The quantitative estimate of drug-likeness (QED) is 0.625. The summed E-state index contributed by atoms with van der Waals surface area (Å²) in [6.07, 6.45) is 2.48. The van der Waals surface area contributed by atoms with Gasteiger partial charge >= 0.3 is 0 Å². The summed E-state index contributed by atoms with van der Waals surface area (Å²) < 4.78 is 19.6. The Morgan fingerprint density at radius 1 is 1.35 bits per heavy atom. The summed E-state index contributed by atoms with van der Waals surface area (Å²) >= 11 is 0. The topological polar surface area (TPSA) is 45.7 Å². The van der Waals surface area contributed by atoms with Crippen molar-refractivity contribution in [3.63, 3.8) is 0 Å². The van der Waals surface area contributed by atoms with Gasteiger partial charge in [0, 0.05) is 25.1 Å². The summed E-state index contributed by atoms with van der Waals surface area (Å²) in [5.41, 5.74) is 0.330. The molecule has 0 radical (unpaired) electrons. The fourth-order valence-corrected chi connectivity index (χ4v) is 2.73. The lowest BCUT2D eigenvalue weighted by Gasteiger charge is -2.24. The van der Waals surface area contributed by atoms with Crippen LogP contribution in [0.3, 0.4) is 0 Å². The first-order valence-corrected chi connectivity index (χ1v) is 8.41. The zero-order chi connectivity index (χ0) is 16.7. The fourth-order valence-electron chi connectivity index (χ4n) is 2.73. The second-order valence-electron chi connectivity index (χ2n) is 6.57. The Morgan fingerprint density at radius 2 is 2.13 bits per heavy atom. The van der Waals surface area contributed by atoms with Crippen LogP contribution in [-0.4, -0.2) is 38.3 Å². The highest BCUT2D eigenvalue weighted by Crippen LogP contribution is 2.25. The van der Waals surface area contributed by atoms with Crippen molar-refractivity contribution in [3.8, 4) is 0 Å². The van der Waals surface area contributed by atoms with Gasteiger partial charge in [-0.25, -0.2) is 4.39 Å². The van der Waals surface area contributed by atoms with E-state index in [1.165, 1.54) is 6.07 Å². The van der Waals surface area contributed by atoms with E-state index in [1.807, 2.05) is 32.9 Å². The lowest BCUT2D eigenvalue weighted by Crippen LogP contribution is -2.41. The van der Waals surface area contributed by atoms with E-state index in [4.69, 9.17) is 4.74 Å². The number of guanidine groups is 1. The molecule has 1 saturated heterocycles. The Bertz CT molecular complexity index is 525. The number of nitrogens with zero attached hydrogens (tertiary/aromatic N) is 1. The maximum absolute atomic E-state index is 14.0. The number of benzene rings is 1. The summed E-state index contributed by atoms with van der Waals surface area (Å²) in [7, 11) is 0. The van der Waals surface area contributed by atoms with E-state index in [2.05, 4.69) is 15.6 Å².